The van der Waals surface area contributed by atoms with E-state index in [2.05, 4.69) is 98.9 Å². The van der Waals surface area contributed by atoms with Gasteiger partial charge < -0.3 is 29.5 Å². The van der Waals surface area contributed by atoms with Crippen molar-refractivity contribution in [1.82, 2.24) is 20.0 Å². The lowest BCUT2D eigenvalue weighted by Gasteiger charge is -2.38. The summed E-state index contributed by atoms with van der Waals surface area (Å²) >= 11 is 0. The Morgan fingerprint density at radius 1 is 0.645 bits per heavy atom. The van der Waals surface area contributed by atoms with Gasteiger partial charge in [-0.05, 0) is 126 Å². The molecule has 3 aliphatic rings. The van der Waals surface area contributed by atoms with Crippen LogP contribution in [0.25, 0.3) is 0 Å². The van der Waals surface area contributed by atoms with Crippen molar-refractivity contribution in [2.24, 2.45) is 5.92 Å². The first-order chi connectivity index (χ1) is 29.4. The van der Waals surface area contributed by atoms with Gasteiger partial charge in [-0.1, -0.05) is 93.6 Å². The van der Waals surface area contributed by atoms with E-state index in [4.69, 9.17) is 9.47 Å². The van der Waals surface area contributed by atoms with Crippen LogP contribution in [0.15, 0.2) is 72.8 Å². The Bertz CT molecular complexity index is 1880. The standard InChI is InChI=1S/C52H72N4O6/c1-10-36-17-23-40(24-18-36)52(41-25-19-37(11-2)20-26-41,42-27-21-38(12-3)22-28-42)32-46(57)56-35-43(61-50(4,5)6)31-45(56)48(59)55-30-14-16-44(55)47(58)53-33-39-15-13-29-54(34-39)49(60)62-51(7,8)9/h17-28,39,43-45H,10-16,29-35H2,1-9H3,(H,53,58)/t39-,43-,44-,45+/m1/s1. The zero-order chi connectivity index (χ0) is 44.8. The highest BCUT2D eigenvalue weighted by Crippen LogP contribution is 2.44. The number of hydrogen-bond donors (Lipinski definition) is 1. The van der Waals surface area contributed by atoms with Crippen molar-refractivity contribution in [2.45, 2.75) is 155 Å². The summed E-state index contributed by atoms with van der Waals surface area (Å²) in [5.41, 5.74) is 4.78. The molecule has 4 amide bonds. The van der Waals surface area contributed by atoms with Crippen LogP contribution in [0.1, 0.15) is 134 Å². The SMILES string of the molecule is CCc1ccc(C(CC(=O)N2C[C@H](OC(C)(C)C)C[C@H]2C(=O)N2CCC[C@@H]2C(=O)NC[C@H]2CCCN(C(=O)OC(C)(C)C)C2)(c2ccc(CC)cc2)c2ccc(CC)cc2)cc1. The van der Waals surface area contributed by atoms with Crippen LogP contribution in [0, 0.1) is 5.92 Å². The Kier molecular flexibility index (Phi) is 14.9. The highest BCUT2D eigenvalue weighted by molar-refractivity contribution is 5.93. The van der Waals surface area contributed by atoms with E-state index in [0.29, 0.717) is 45.4 Å². The van der Waals surface area contributed by atoms with Crippen LogP contribution in [0.2, 0.25) is 0 Å². The Labute approximate surface area is 371 Å². The van der Waals surface area contributed by atoms with Gasteiger partial charge in [-0.25, -0.2) is 4.79 Å². The zero-order valence-corrected chi connectivity index (χ0v) is 38.9. The first kappa shape index (κ1) is 46.8. The van der Waals surface area contributed by atoms with Gasteiger partial charge in [0.25, 0.3) is 0 Å². The molecule has 3 aromatic rings. The molecule has 336 valence electrons. The topological polar surface area (TPSA) is 108 Å². The molecular weight excluding hydrogens is 777 g/mol. The minimum atomic E-state index is -0.854. The molecular formula is C52H72N4O6. The second kappa shape index (κ2) is 19.8. The largest absolute Gasteiger partial charge is 0.444 e. The molecule has 10 nitrogen and oxygen atoms in total. The highest BCUT2D eigenvalue weighted by Gasteiger charge is 2.48. The summed E-state index contributed by atoms with van der Waals surface area (Å²) in [4.78, 5) is 62.4. The normalized spacial score (nSPS) is 21.0. The molecule has 3 saturated heterocycles. The summed E-state index contributed by atoms with van der Waals surface area (Å²) < 4.78 is 12.2. The van der Waals surface area contributed by atoms with E-state index in [1.54, 1.807) is 14.7 Å². The predicted octanol–water partition coefficient (Wildman–Crippen LogP) is 8.64. The Morgan fingerprint density at radius 3 is 1.65 bits per heavy atom. The van der Waals surface area contributed by atoms with Crippen molar-refractivity contribution < 1.29 is 28.7 Å². The van der Waals surface area contributed by atoms with Gasteiger partial charge in [0.2, 0.25) is 17.7 Å². The summed E-state index contributed by atoms with van der Waals surface area (Å²) in [5, 5.41) is 3.14. The minimum Gasteiger partial charge on any atom is -0.444 e. The number of piperidine rings is 1. The van der Waals surface area contributed by atoms with E-state index in [-0.39, 0.29) is 48.8 Å². The van der Waals surface area contributed by atoms with E-state index >= 15 is 4.79 Å². The molecule has 6 rings (SSSR count). The van der Waals surface area contributed by atoms with Crippen LogP contribution in [0.3, 0.4) is 0 Å². The Morgan fingerprint density at radius 2 is 1.16 bits per heavy atom. The molecule has 4 atom stereocenters. The average molecular weight is 849 g/mol. The number of hydrogen-bond acceptors (Lipinski definition) is 6. The van der Waals surface area contributed by atoms with Crippen LogP contribution in [0.4, 0.5) is 4.79 Å². The Balaban J connectivity index is 1.29. The number of ether oxygens (including phenoxy) is 2. The van der Waals surface area contributed by atoms with Gasteiger partial charge in [0.1, 0.15) is 17.7 Å². The number of nitrogens with zero attached hydrogens (tertiary/aromatic N) is 3. The van der Waals surface area contributed by atoms with Crippen molar-refractivity contribution in [3.8, 4) is 0 Å². The third kappa shape index (κ3) is 11.1. The predicted molar refractivity (Wildman–Crippen MR) is 245 cm³/mol. The van der Waals surface area contributed by atoms with Crippen LogP contribution >= 0.6 is 0 Å². The Hall–Kier alpha value is -4.70. The summed E-state index contributed by atoms with van der Waals surface area (Å²) in [6, 6.07) is 24.6. The number of carbonyl (C=O) groups excluding carboxylic acids is 4. The molecule has 0 radical (unpaired) electrons. The molecule has 62 heavy (non-hydrogen) atoms. The number of amides is 4. The molecule has 0 aromatic heterocycles. The number of benzene rings is 3. The molecule has 3 heterocycles. The van der Waals surface area contributed by atoms with Gasteiger partial charge in [0.15, 0.2) is 0 Å². The number of rotatable bonds is 13. The van der Waals surface area contributed by atoms with E-state index in [9.17, 15) is 14.4 Å². The molecule has 0 bridgehead atoms. The van der Waals surface area contributed by atoms with E-state index in [1.807, 2.05) is 41.5 Å². The first-order valence-corrected chi connectivity index (χ1v) is 23.3. The molecule has 0 unspecified atom stereocenters. The fraction of sp³-hybridized carbons (Fsp3) is 0.577. The van der Waals surface area contributed by atoms with Crippen molar-refractivity contribution in [3.05, 3.63) is 106 Å². The van der Waals surface area contributed by atoms with Crippen LogP contribution in [-0.4, -0.2) is 101 Å². The quantitative estimate of drug-likeness (QED) is 0.173. The summed E-state index contributed by atoms with van der Waals surface area (Å²) in [7, 11) is 0. The summed E-state index contributed by atoms with van der Waals surface area (Å²) in [6.45, 7) is 20.3. The minimum absolute atomic E-state index is 0.0822. The second-order valence-electron chi connectivity index (χ2n) is 19.8. The summed E-state index contributed by atoms with van der Waals surface area (Å²) in [6.07, 6.45) is 5.43. The molecule has 0 spiro atoms. The van der Waals surface area contributed by atoms with Gasteiger partial charge >= 0.3 is 6.09 Å². The monoisotopic (exact) mass is 849 g/mol. The second-order valence-corrected chi connectivity index (χ2v) is 19.8. The lowest BCUT2D eigenvalue weighted by Crippen LogP contribution is -2.54. The summed E-state index contributed by atoms with van der Waals surface area (Å²) in [5.74, 6) is -0.445. The lowest BCUT2D eigenvalue weighted by molar-refractivity contribution is -0.147. The molecule has 10 heteroatoms. The molecule has 0 aliphatic carbocycles. The van der Waals surface area contributed by atoms with E-state index < -0.39 is 28.7 Å². The van der Waals surface area contributed by atoms with Crippen LogP contribution in [-0.2, 0) is 48.5 Å². The van der Waals surface area contributed by atoms with Gasteiger partial charge in [-0.2, -0.15) is 0 Å². The van der Waals surface area contributed by atoms with Crippen molar-refractivity contribution >= 4 is 23.8 Å². The van der Waals surface area contributed by atoms with Crippen LogP contribution < -0.4 is 5.32 Å². The van der Waals surface area contributed by atoms with E-state index in [1.165, 1.54) is 16.7 Å². The number of aryl methyl sites for hydroxylation is 3. The maximum atomic E-state index is 15.4. The average Bonchev–Trinajstić information content (AvgIpc) is 3.92. The molecule has 3 aliphatic heterocycles. The molecule has 3 fully saturated rings. The van der Waals surface area contributed by atoms with Crippen LogP contribution in [0.5, 0.6) is 0 Å². The molecule has 1 N–H and O–H groups in total. The van der Waals surface area contributed by atoms with Gasteiger partial charge in [-0.15, -0.1) is 0 Å². The van der Waals surface area contributed by atoms with Gasteiger partial charge in [0.05, 0.1) is 17.1 Å². The fourth-order valence-corrected chi connectivity index (χ4v) is 9.68. The van der Waals surface area contributed by atoms with Crippen molar-refractivity contribution in [2.75, 3.05) is 32.7 Å². The highest BCUT2D eigenvalue weighted by atomic mass is 16.6. The number of likely N-dealkylation sites (tertiary alicyclic amines) is 3. The fourth-order valence-electron chi connectivity index (χ4n) is 9.68. The zero-order valence-electron chi connectivity index (χ0n) is 38.9. The molecule has 0 saturated carbocycles. The first-order valence-electron chi connectivity index (χ1n) is 23.3. The third-order valence-corrected chi connectivity index (χ3v) is 12.9. The lowest BCUT2D eigenvalue weighted by atomic mass is 9.66. The molecule has 3 aromatic carbocycles. The number of nitrogens with one attached hydrogen (secondary N) is 1. The third-order valence-electron chi connectivity index (χ3n) is 12.9. The maximum Gasteiger partial charge on any atom is 0.410 e. The van der Waals surface area contributed by atoms with Gasteiger partial charge in [0, 0.05) is 45.6 Å². The van der Waals surface area contributed by atoms with Crippen molar-refractivity contribution in [1.29, 1.82) is 0 Å². The maximum absolute atomic E-state index is 15.4. The number of carbonyl (C=O) groups is 4. The van der Waals surface area contributed by atoms with Gasteiger partial charge in [-0.3, -0.25) is 14.4 Å². The smallest absolute Gasteiger partial charge is 0.410 e. The van der Waals surface area contributed by atoms with E-state index in [0.717, 1.165) is 48.8 Å². The van der Waals surface area contributed by atoms with Crippen molar-refractivity contribution in [3.63, 3.8) is 0 Å².